The second-order valence-corrected chi connectivity index (χ2v) is 5.67. The fourth-order valence-electron chi connectivity index (χ4n) is 2.66. The molecule has 3 rings (SSSR count). The molecule has 104 valence electrons. The van der Waals surface area contributed by atoms with Gasteiger partial charge >= 0.3 is 0 Å². The minimum absolute atomic E-state index is 0.585. The molecule has 2 N–H and O–H groups in total. The van der Waals surface area contributed by atoms with Crippen molar-refractivity contribution in [2.24, 2.45) is 5.92 Å². The van der Waals surface area contributed by atoms with Crippen LogP contribution in [0.5, 0.6) is 0 Å². The number of aryl methyl sites for hydroxylation is 1. The highest BCUT2D eigenvalue weighted by molar-refractivity contribution is 6.02. The second kappa shape index (κ2) is 5.12. The SMILES string of the molecule is CC(C)CCCn1c(N)nc2cnc3ccccc3c21. The number of nitrogens with two attached hydrogens (primary N) is 1. The number of imidazole rings is 1. The van der Waals surface area contributed by atoms with Crippen LogP contribution in [-0.2, 0) is 6.54 Å². The molecule has 4 nitrogen and oxygen atoms in total. The van der Waals surface area contributed by atoms with Crippen LogP contribution in [0.3, 0.4) is 0 Å². The molecule has 0 spiro atoms. The standard InChI is InChI=1S/C16H20N4/c1-11(2)6-5-9-20-15-12-7-3-4-8-13(12)18-10-14(15)19-16(20)17/h3-4,7-8,10-11H,5-6,9H2,1-2H3,(H2,17,19). The maximum atomic E-state index is 6.09. The Kier molecular flexibility index (Phi) is 3.30. The van der Waals surface area contributed by atoms with Crippen LogP contribution < -0.4 is 5.73 Å². The van der Waals surface area contributed by atoms with Gasteiger partial charge in [0.05, 0.1) is 17.2 Å². The van der Waals surface area contributed by atoms with Gasteiger partial charge in [0, 0.05) is 11.9 Å². The molecule has 0 aliphatic rings. The van der Waals surface area contributed by atoms with E-state index in [2.05, 4.69) is 34.4 Å². The largest absolute Gasteiger partial charge is 0.369 e. The first kappa shape index (κ1) is 12.9. The van der Waals surface area contributed by atoms with Crippen LogP contribution in [0.15, 0.2) is 30.5 Å². The van der Waals surface area contributed by atoms with Crippen molar-refractivity contribution in [3.8, 4) is 0 Å². The highest BCUT2D eigenvalue weighted by atomic mass is 15.2. The van der Waals surface area contributed by atoms with Gasteiger partial charge in [0.15, 0.2) is 0 Å². The molecule has 2 aromatic heterocycles. The Bertz CT molecular complexity index is 743. The molecule has 0 fully saturated rings. The van der Waals surface area contributed by atoms with Crippen molar-refractivity contribution in [3.05, 3.63) is 30.5 Å². The lowest BCUT2D eigenvalue weighted by molar-refractivity contribution is 0.519. The van der Waals surface area contributed by atoms with E-state index in [-0.39, 0.29) is 0 Å². The van der Waals surface area contributed by atoms with Crippen molar-refractivity contribution in [1.82, 2.24) is 14.5 Å². The van der Waals surface area contributed by atoms with Gasteiger partial charge in [-0.1, -0.05) is 32.0 Å². The van der Waals surface area contributed by atoms with E-state index in [1.54, 1.807) is 0 Å². The van der Waals surface area contributed by atoms with Gasteiger partial charge < -0.3 is 10.3 Å². The fraction of sp³-hybridized carbons (Fsp3) is 0.375. The summed E-state index contributed by atoms with van der Waals surface area (Å²) in [5.74, 6) is 1.30. The number of pyridine rings is 1. The highest BCUT2D eigenvalue weighted by Gasteiger charge is 2.11. The number of hydrogen-bond donors (Lipinski definition) is 1. The highest BCUT2D eigenvalue weighted by Crippen LogP contribution is 2.26. The quantitative estimate of drug-likeness (QED) is 0.786. The van der Waals surface area contributed by atoms with Crippen LogP contribution in [0.4, 0.5) is 5.95 Å². The third-order valence-corrected chi connectivity index (χ3v) is 3.67. The van der Waals surface area contributed by atoms with Crippen molar-refractivity contribution in [1.29, 1.82) is 0 Å². The van der Waals surface area contributed by atoms with Crippen molar-refractivity contribution in [2.45, 2.75) is 33.2 Å². The zero-order valence-corrected chi connectivity index (χ0v) is 12.0. The van der Waals surface area contributed by atoms with E-state index in [1.165, 1.54) is 6.42 Å². The third kappa shape index (κ3) is 2.22. The summed E-state index contributed by atoms with van der Waals surface area (Å²) in [6, 6.07) is 8.15. The molecule has 0 saturated heterocycles. The van der Waals surface area contributed by atoms with E-state index in [9.17, 15) is 0 Å². The summed E-state index contributed by atoms with van der Waals surface area (Å²) in [7, 11) is 0. The Hall–Kier alpha value is -2.10. The molecular weight excluding hydrogens is 248 g/mol. The van der Waals surface area contributed by atoms with Crippen LogP contribution in [0, 0.1) is 5.92 Å². The Labute approximate surface area is 118 Å². The Morgan fingerprint density at radius 2 is 2.00 bits per heavy atom. The van der Waals surface area contributed by atoms with Gasteiger partial charge in [-0.3, -0.25) is 4.98 Å². The molecule has 1 aromatic carbocycles. The van der Waals surface area contributed by atoms with Crippen molar-refractivity contribution in [2.75, 3.05) is 5.73 Å². The molecule has 0 amide bonds. The number of benzene rings is 1. The molecule has 0 saturated carbocycles. The van der Waals surface area contributed by atoms with Gasteiger partial charge in [-0.25, -0.2) is 4.98 Å². The Morgan fingerprint density at radius 3 is 2.80 bits per heavy atom. The number of aromatic nitrogens is 3. The number of anilines is 1. The van der Waals surface area contributed by atoms with Crippen LogP contribution in [0.25, 0.3) is 21.9 Å². The molecule has 20 heavy (non-hydrogen) atoms. The smallest absolute Gasteiger partial charge is 0.201 e. The Balaban J connectivity index is 2.10. The lowest BCUT2D eigenvalue weighted by atomic mass is 10.1. The summed E-state index contributed by atoms with van der Waals surface area (Å²) in [5, 5.41) is 1.12. The van der Waals surface area contributed by atoms with Gasteiger partial charge in [-0.15, -0.1) is 0 Å². The van der Waals surface area contributed by atoms with E-state index >= 15 is 0 Å². The van der Waals surface area contributed by atoms with Crippen LogP contribution in [0.2, 0.25) is 0 Å². The van der Waals surface area contributed by atoms with E-state index in [0.29, 0.717) is 11.9 Å². The molecule has 0 radical (unpaired) electrons. The lowest BCUT2D eigenvalue weighted by Crippen LogP contribution is -2.04. The number of para-hydroxylation sites is 1. The third-order valence-electron chi connectivity index (χ3n) is 3.67. The number of nitrogens with zero attached hydrogens (tertiary/aromatic N) is 3. The van der Waals surface area contributed by atoms with Crippen molar-refractivity contribution in [3.63, 3.8) is 0 Å². The molecule has 0 aliphatic carbocycles. The number of hydrogen-bond acceptors (Lipinski definition) is 3. The average molecular weight is 268 g/mol. The molecule has 0 unspecified atom stereocenters. The summed E-state index contributed by atoms with van der Waals surface area (Å²) >= 11 is 0. The number of rotatable bonds is 4. The minimum atomic E-state index is 0.585. The molecule has 4 heteroatoms. The maximum absolute atomic E-state index is 6.09. The monoisotopic (exact) mass is 268 g/mol. The summed E-state index contributed by atoms with van der Waals surface area (Å²) in [4.78, 5) is 8.88. The second-order valence-electron chi connectivity index (χ2n) is 5.67. The van der Waals surface area contributed by atoms with Crippen LogP contribution >= 0.6 is 0 Å². The van der Waals surface area contributed by atoms with Crippen molar-refractivity contribution < 1.29 is 0 Å². The summed E-state index contributed by atoms with van der Waals surface area (Å²) in [5.41, 5.74) is 9.06. The normalized spacial score (nSPS) is 11.8. The number of fused-ring (bicyclic) bond motifs is 3. The fourth-order valence-corrected chi connectivity index (χ4v) is 2.66. The number of nitrogen functional groups attached to an aromatic ring is 1. The predicted molar refractivity (Wildman–Crippen MR) is 83.5 cm³/mol. The zero-order valence-electron chi connectivity index (χ0n) is 12.0. The molecular formula is C16H20N4. The van der Waals surface area contributed by atoms with E-state index in [0.717, 1.165) is 34.9 Å². The van der Waals surface area contributed by atoms with Gasteiger partial charge in [0.25, 0.3) is 0 Å². The zero-order chi connectivity index (χ0) is 14.1. The van der Waals surface area contributed by atoms with Gasteiger partial charge in [-0.05, 0) is 24.8 Å². The van der Waals surface area contributed by atoms with Crippen LogP contribution in [0.1, 0.15) is 26.7 Å². The first-order valence-electron chi connectivity index (χ1n) is 7.16. The van der Waals surface area contributed by atoms with Crippen molar-refractivity contribution >= 4 is 27.9 Å². The van der Waals surface area contributed by atoms with Crippen LogP contribution in [-0.4, -0.2) is 14.5 Å². The minimum Gasteiger partial charge on any atom is -0.369 e. The first-order chi connectivity index (χ1) is 9.66. The van der Waals surface area contributed by atoms with E-state index in [4.69, 9.17) is 5.73 Å². The molecule has 2 heterocycles. The first-order valence-corrected chi connectivity index (χ1v) is 7.16. The Morgan fingerprint density at radius 1 is 1.20 bits per heavy atom. The lowest BCUT2D eigenvalue weighted by Gasteiger charge is -2.09. The summed E-state index contributed by atoms with van der Waals surface area (Å²) in [6.07, 6.45) is 4.12. The molecule has 0 aliphatic heterocycles. The summed E-state index contributed by atoms with van der Waals surface area (Å²) in [6.45, 7) is 5.40. The molecule has 0 atom stereocenters. The van der Waals surface area contributed by atoms with Gasteiger partial charge in [0.2, 0.25) is 5.95 Å². The molecule has 0 bridgehead atoms. The van der Waals surface area contributed by atoms with Gasteiger partial charge in [-0.2, -0.15) is 0 Å². The summed E-state index contributed by atoms with van der Waals surface area (Å²) < 4.78 is 2.13. The van der Waals surface area contributed by atoms with Gasteiger partial charge in [0.1, 0.15) is 5.52 Å². The maximum Gasteiger partial charge on any atom is 0.201 e. The topological polar surface area (TPSA) is 56.7 Å². The van der Waals surface area contributed by atoms with E-state index < -0.39 is 0 Å². The molecule has 3 aromatic rings. The van der Waals surface area contributed by atoms with E-state index in [1.807, 2.05) is 24.4 Å². The average Bonchev–Trinajstić information content (AvgIpc) is 2.75. The predicted octanol–water partition coefficient (Wildman–Crippen LogP) is 3.60.